The predicted octanol–water partition coefficient (Wildman–Crippen LogP) is 6.94. The molecule has 156 valence electrons. The molecule has 5 rings (SSSR count). The number of carbonyl (C=O) groups excluding carboxylic acids is 1. The number of nitrogens with one attached hydrogen (secondary N) is 2. The van der Waals surface area contributed by atoms with E-state index in [9.17, 15) is 4.79 Å². The van der Waals surface area contributed by atoms with E-state index in [-0.39, 0.29) is 5.91 Å². The van der Waals surface area contributed by atoms with Crippen LogP contribution in [0.5, 0.6) is 0 Å². The topological polar surface area (TPSA) is 57.8 Å². The fourth-order valence-electron chi connectivity index (χ4n) is 3.51. The van der Waals surface area contributed by atoms with Gasteiger partial charge in [-0.05, 0) is 61.0 Å². The highest BCUT2D eigenvalue weighted by Gasteiger charge is 2.11. The highest BCUT2D eigenvalue weighted by Crippen LogP contribution is 2.33. The minimum atomic E-state index is -0.141. The third-order valence-corrected chi connectivity index (χ3v) is 6.25. The van der Waals surface area contributed by atoms with E-state index >= 15 is 0 Å². The van der Waals surface area contributed by atoms with Gasteiger partial charge in [0.05, 0.1) is 16.7 Å². The summed E-state index contributed by atoms with van der Waals surface area (Å²) in [7, 11) is 0. The Labute approximate surface area is 190 Å². The molecule has 4 nitrogen and oxygen atoms in total. The molecule has 0 saturated heterocycles. The molecular formula is C27H21N3OS. The van der Waals surface area contributed by atoms with Crippen LogP contribution in [0.3, 0.4) is 0 Å². The summed E-state index contributed by atoms with van der Waals surface area (Å²) in [4.78, 5) is 23.0. The monoisotopic (exact) mass is 435 g/mol. The van der Waals surface area contributed by atoms with Crippen LogP contribution in [0, 0.1) is 6.92 Å². The second kappa shape index (κ2) is 8.73. The van der Waals surface area contributed by atoms with Crippen LogP contribution in [0.15, 0.2) is 107 Å². The summed E-state index contributed by atoms with van der Waals surface area (Å²) in [5.74, 6) is 0.653. The van der Waals surface area contributed by atoms with Gasteiger partial charge in [0.2, 0.25) is 0 Å². The SMILES string of the molecule is Cc1ccc2nc(-c3ccc(C(=O)Nc4ccccc4Sc4ccccc4)cc3)[nH]c2c1. The van der Waals surface area contributed by atoms with E-state index in [1.807, 2.05) is 78.9 Å². The molecule has 1 heterocycles. The van der Waals surface area contributed by atoms with Gasteiger partial charge in [-0.1, -0.05) is 60.3 Å². The molecule has 0 fully saturated rings. The molecule has 32 heavy (non-hydrogen) atoms. The fraction of sp³-hybridized carbons (Fsp3) is 0.0370. The number of carbonyl (C=O) groups is 1. The van der Waals surface area contributed by atoms with Gasteiger partial charge >= 0.3 is 0 Å². The second-order valence-electron chi connectivity index (χ2n) is 7.55. The zero-order valence-corrected chi connectivity index (χ0v) is 18.3. The molecule has 0 atom stereocenters. The zero-order valence-electron chi connectivity index (χ0n) is 17.5. The molecule has 4 aromatic carbocycles. The van der Waals surface area contributed by atoms with E-state index in [1.165, 1.54) is 5.56 Å². The number of hydrogen-bond donors (Lipinski definition) is 2. The van der Waals surface area contributed by atoms with E-state index in [0.29, 0.717) is 5.56 Å². The molecule has 0 radical (unpaired) electrons. The normalized spacial score (nSPS) is 10.9. The smallest absolute Gasteiger partial charge is 0.255 e. The van der Waals surface area contributed by atoms with Gasteiger partial charge in [-0.25, -0.2) is 4.98 Å². The highest BCUT2D eigenvalue weighted by atomic mass is 32.2. The first-order chi connectivity index (χ1) is 15.7. The largest absolute Gasteiger partial charge is 0.338 e. The van der Waals surface area contributed by atoms with Gasteiger partial charge in [-0.2, -0.15) is 0 Å². The van der Waals surface area contributed by atoms with Gasteiger partial charge in [0, 0.05) is 20.9 Å². The van der Waals surface area contributed by atoms with Crippen LogP contribution in [0.1, 0.15) is 15.9 Å². The molecule has 0 bridgehead atoms. The molecule has 0 unspecified atom stereocenters. The summed E-state index contributed by atoms with van der Waals surface area (Å²) in [6.07, 6.45) is 0. The quantitative estimate of drug-likeness (QED) is 0.314. The number of anilines is 1. The van der Waals surface area contributed by atoms with Crippen molar-refractivity contribution in [3.63, 3.8) is 0 Å². The average molecular weight is 436 g/mol. The van der Waals surface area contributed by atoms with Gasteiger partial charge in [0.15, 0.2) is 0 Å². The van der Waals surface area contributed by atoms with Crippen LogP contribution in [-0.2, 0) is 0 Å². The molecule has 0 aliphatic rings. The number of hydrogen-bond acceptors (Lipinski definition) is 3. The standard InChI is InChI=1S/C27H21N3OS/c1-18-11-16-22-24(17-18)29-26(28-22)19-12-14-20(15-13-19)27(31)30-23-9-5-6-10-25(23)32-21-7-3-2-4-8-21/h2-17H,1H3,(H,28,29)(H,30,31). The summed E-state index contributed by atoms with van der Waals surface area (Å²) in [5.41, 5.74) is 5.46. The van der Waals surface area contributed by atoms with Crippen LogP contribution in [-0.4, -0.2) is 15.9 Å². The van der Waals surface area contributed by atoms with E-state index in [4.69, 9.17) is 0 Å². The number of para-hydroxylation sites is 1. The number of aromatic amines is 1. The van der Waals surface area contributed by atoms with Gasteiger partial charge < -0.3 is 10.3 Å². The van der Waals surface area contributed by atoms with Crippen LogP contribution in [0.2, 0.25) is 0 Å². The van der Waals surface area contributed by atoms with E-state index < -0.39 is 0 Å². The number of imidazole rings is 1. The van der Waals surface area contributed by atoms with Crippen molar-refractivity contribution in [1.82, 2.24) is 9.97 Å². The first-order valence-corrected chi connectivity index (χ1v) is 11.2. The van der Waals surface area contributed by atoms with Crippen molar-refractivity contribution < 1.29 is 4.79 Å². The van der Waals surface area contributed by atoms with Gasteiger partial charge in [0.25, 0.3) is 5.91 Å². The Bertz CT molecular complexity index is 1390. The van der Waals surface area contributed by atoms with Crippen LogP contribution < -0.4 is 5.32 Å². The first kappa shape index (κ1) is 20.1. The summed E-state index contributed by atoms with van der Waals surface area (Å²) in [5, 5.41) is 3.05. The summed E-state index contributed by atoms with van der Waals surface area (Å²) in [6, 6.07) is 31.6. The van der Waals surface area contributed by atoms with Gasteiger partial charge in [-0.3, -0.25) is 4.79 Å². The molecule has 1 amide bonds. The minimum Gasteiger partial charge on any atom is -0.338 e. The van der Waals surface area contributed by atoms with Gasteiger partial charge in [-0.15, -0.1) is 0 Å². The van der Waals surface area contributed by atoms with Crippen LogP contribution in [0.25, 0.3) is 22.4 Å². The van der Waals surface area contributed by atoms with E-state index in [1.54, 1.807) is 11.8 Å². The number of aromatic nitrogens is 2. The number of aryl methyl sites for hydroxylation is 1. The van der Waals surface area contributed by atoms with Crippen molar-refractivity contribution >= 4 is 34.4 Å². The number of benzene rings is 4. The maximum atomic E-state index is 12.9. The maximum absolute atomic E-state index is 12.9. The molecule has 5 aromatic rings. The number of amides is 1. The Balaban J connectivity index is 1.34. The molecule has 0 saturated carbocycles. The number of H-pyrrole nitrogens is 1. The number of nitrogens with zero attached hydrogens (tertiary/aromatic N) is 1. The van der Waals surface area contributed by atoms with Crippen molar-refractivity contribution in [2.75, 3.05) is 5.32 Å². The van der Waals surface area contributed by atoms with Crippen molar-refractivity contribution in [1.29, 1.82) is 0 Å². The Kier molecular flexibility index (Phi) is 5.48. The lowest BCUT2D eigenvalue weighted by Gasteiger charge is -2.11. The average Bonchev–Trinajstić information content (AvgIpc) is 3.24. The lowest BCUT2D eigenvalue weighted by molar-refractivity contribution is 0.102. The van der Waals surface area contributed by atoms with Crippen molar-refractivity contribution in [3.8, 4) is 11.4 Å². The van der Waals surface area contributed by atoms with Crippen molar-refractivity contribution in [2.24, 2.45) is 0 Å². The summed E-state index contributed by atoms with van der Waals surface area (Å²) < 4.78 is 0. The molecular weight excluding hydrogens is 414 g/mol. The Hall–Kier alpha value is -3.83. The lowest BCUT2D eigenvalue weighted by Crippen LogP contribution is -2.12. The molecule has 1 aromatic heterocycles. The van der Waals surface area contributed by atoms with E-state index in [2.05, 4.69) is 40.4 Å². The second-order valence-corrected chi connectivity index (χ2v) is 8.66. The lowest BCUT2D eigenvalue weighted by atomic mass is 10.1. The Morgan fingerprint density at radius 3 is 2.44 bits per heavy atom. The third-order valence-electron chi connectivity index (χ3n) is 5.16. The minimum absolute atomic E-state index is 0.141. The number of rotatable bonds is 5. The maximum Gasteiger partial charge on any atom is 0.255 e. The summed E-state index contributed by atoms with van der Waals surface area (Å²) >= 11 is 1.63. The third kappa shape index (κ3) is 4.29. The first-order valence-electron chi connectivity index (χ1n) is 10.4. The predicted molar refractivity (Wildman–Crippen MR) is 131 cm³/mol. The van der Waals surface area contributed by atoms with E-state index in [0.717, 1.165) is 37.9 Å². The van der Waals surface area contributed by atoms with Crippen LogP contribution in [0.4, 0.5) is 5.69 Å². The molecule has 0 aliphatic carbocycles. The molecule has 0 aliphatic heterocycles. The summed E-state index contributed by atoms with van der Waals surface area (Å²) in [6.45, 7) is 2.06. The highest BCUT2D eigenvalue weighted by molar-refractivity contribution is 7.99. The van der Waals surface area contributed by atoms with Crippen molar-refractivity contribution in [2.45, 2.75) is 16.7 Å². The Morgan fingerprint density at radius 2 is 1.62 bits per heavy atom. The van der Waals surface area contributed by atoms with Crippen LogP contribution >= 0.6 is 11.8 Å². The molecule has 5 heteroatoms. The number of fused-ring (bicyclic) bond motifs is 1. The van der Waals surface area contributed by atoms with Gasteiger partial charge in [0.1, 0.15) is 5.82 Å². The Morgan fingerprint density at radius 1 is 0.875 bits per heavy atom. The fourth-order valence-corrected chi connectivity index (χ4v) is 4.43. The molecule has 2 N–H and O–H groups in total. The van der Waals surface area contributed by atoms with Crippen molar-refractivity contribution in [3.05, 3.63) is 108 Å². The molecule has 0 spiro atoms. The zero-order chi connectivity index (χ0) is 21.9.